The molecule has 0 aromatic heterocycles. The lowest BCUT2D eigenvalue weighted by Gasteiger charge is -2.26. The zero-order valence-electron chi connectivity index (χ0n) is 12.6. The number of fused-ring (bicyclic) bond motifs is 1. The van der Waals surface area contributed by atoms with Crippen LogP contribution in [0.3, 0.4) is 0 Å². The summed E-state index contributed by atoms with van der Waals surface area (Å²) in [6.45, 7) is 0.879. The Hall–Kier alpha value is -2.15. The Morgan fingerprint density at radius 3 is 2.74 bits per heavy atom. The van der Waals surface area contributed by atoms with Crippen molar-refractivity contribution >= 4 is 18.6 Å². The van der Waals surface area contributed by atoms with Crippen LogP contribution in [0.4, 0.5) is 0 Å². The maximum Gasteiger partial charge on any atom is 0.488 e. The summed E-state index contributed by atoms with van der Waals surface area (Å²) < 4.78 is 5.40. The lowest BCUT2D eigenvalue weighted by molar-refractivity contribution is -0.147. The van der Waals surface area contributed by atoms with E-state index in [1.807, 2.05) is 30.3 Å². The number of nitrogens with one attached hydrogen (secondary N) is 1. The van der Waals surface area contributed by atoms with Crippen LogP contribution in [-0.2, 0) is 22.6 Å². The molecular weight excluding hydrogens is 293 g/mol. The Morgan fingerprint density at radius 1 is 1.22 bits per heavy atom. The van der Waals surface area contributed by atoms with E-state index in [0.29, 0.717) is 12.0 Å². The van der Waals surface area contributed by atoms with Gasteiger partial charge in [0.1, 0.15) is 12.6 Å². The molecule has 118 valence electrons. The molecule has 0 radical (unpaired) electrons. The van der Waals surface area contributed by atoms with Gasteiger partial charge >= 0.3 is 13.1 Å². The molecule has 2 aromatic rings. The van der Waals surface area contributed by atoms with E-state index in [-0.39, 0.29) is 12.6 Å². The molecule has 1 atom stereocenters. The lowest BCUT2D eigenvalue weighted by Crippen LogP contribution is -2.38. The minimum absolute atomic E-state index is 0.237. The first-order valence-electron chi connectivity index (χ1n) is 7.58. The average molecular weight is 311 g/mol. The van der Waals surface area contributed by atoms with Crippen molar-refractivity contribution in [3.63, 3.8) is 0 Å². The van der Waals surface area contributed by atoms with Crippen molar-refractivity contribution in [3.05, 3.63) is 65.2 Å². The quantitative estimate of drug-likeness (QED) is 0.559. The first-order valence-corrected chi connectivity index (χ1v) is 7.58. The average Bonchev–Trinajstić information content (AvgIpc) is 2.59. The Morgan fingerprint density at radius 2 is 2.00 bits per heavy atom. The van der Waals surface area contributed by atoms with Crippen LogP contribution in [0.5, 0.6) is 0 Å². The third kappa shape index (κ3) is 3.61. The fourth-order valence-corrected chi connectivity index (χ4v) is 2.77. The Bertz CT molecular complexity index is 690. The molecule has 0 saturated heterocycles. The summed E-state index contributed by atoms with van der Waals surface area (Å²) in [7, 11) is -1.50. The third-order valence-corrected chi connectivity index (χ3v) is 3.98. The summed E-state index contributed by atoms with van der Waals surface area (Å²) in [4.78, 5) is 12.4. The van der Waals surface area contributed by atoms with Crippen molar-refractivity contribution in [2.24, 2.45) is 0 Å². The summed E-state index contributed by atoms with van der Waals surface area (Å²) in [5.41, 5.74) is 3.15. The molecule has 1 aliphatic heterocycles. The van der Waals surface area contributed by atoms with Crippen molar-refractivity contribution in [3.8, 4) is 0 Å². The molecule has 0 spiro atoms. The monoisotopic (exact) mass is 311 g/mol. The van der Waals surface area contributed by atoms with Gasteiger partial charge in [-0.1, -0.05) is 48.5 Å². The number of carbonyl (C=O) groups is 1. The summed E-state index contributed by atoms with van der Waals surface area (Å²) in [6, 6.07) is 14.1. The second kappa shape index (κ2) is 6.96. The third-order valence-electron chi connectivity index (χ3n) is 3.98. The van der Waals surface area contributed by atoms with Gasteiger partial charge in [-0.15, -0.1) is 0 Å². The molecule has 23 heavy (non-hydrogen) atoms. The maximum absolute atomic E-state index is 12.4. The molecule has 2 aromatic carbocycles. The Kier molecular flexibility index (Phi) is 4.76. The largest absolute Gasteiger partial charge is 0.488 e. The molecule has 0 bridgehead atoms. The second-order valence-electron chi connectivity index (χ2n) is 5.56. The summed E-state index contributed by atoms with van der Waals surface area (Å²) in [6.07, 6.45) is 0.734. The minimum Gasteiger partial charge on any atom is -0.459 e. The summed E-state index contributed by atoms with van der Waals surface area (Å²) in [5.74, 6) is -0.327. The van der Waals surface area contributed by atoms with Gasteiger partial charge in [-0.05, 0) is 28.6 Å². The van der Waals surface area contributed by atoms with Gasteiger partial charge in [0.25, 0.3) is 0 Å². The van der Waals surface area contributed by atoms with E-state index in [1.54, 1.807) is 18.2 Å². The smallest absolute Gasteiger partial charge is 0.459 e. The van der Waals surface area contributed by atoms with Gasteiger partial charge in [-0.3, -0.25) is 0 Å². The van der Waals surface area contributed by atoms with Crippen LogP contribution in [0, 0.1) is 0 Å². The molecule has 1 aliphatic rings. The maximum atomic E-state index is 12.4. The summed E-state index contributed by atoms with van der Waals surface area (Å²) in [5, 5.41) is 21.7. The van der Waals surface area contributed by atoms with E-state index in [0.717, 1.165) is 23.1 Å². The van der Waals surface area contributed by atoms with Crippen LogP contribution in [-0.4, -0.2) is 29.7 Å². The van der Waals surface area contributed by atoms with Gasteiger partial charge in [0.15, 0.2) is 0 Å². The fraction of sp³-hybridized carbons (Fsp3) is 0.235. The highest BCUT2D eigenvalue weighted by atomic mass is 16.5. The fourth-order valence-electron chi connectivity index (χ4n) is 2.77. The predicted molar refractivity (Wildman–Crippen MR) is 87.0 cm³/mol. The predicted octanol–water partition coefficient (Wildman–Crippen LogP) is 0.297. The molecule has 3 N–H and O–H groups in total. The molecule has 0 aliphatic carbocycles. The second-order valence-corrected chi connectivity index (χ2v) is 5.56. The molecule has 6 heteroatoms. The number of ether oxygens (including phenoxy) is 1. The van der Waals surface area contributed by atoms with Crippen molar-refractivity contribution < 1.29 is 19.6 Å². The van der Waals surface area contributed by atoms with Gasteiger partial charge in [0.05, 0.1) is 0 Å². The number of benzene rings is 2. The van der Waals surface area contributed by atoms with E-state index in [2.05, 4.69) is 5.32 Å². The number of rotatable bonds is 4. The number of hydrogen-bond donors (Lipinski definition) is 3. The van der Waals surface area contributed by atoms with E-state index >= 15 is 0 Å². The molecule has 0 amide bonds. The molecule has 0 saturated carbocycles. The van der Waals surface area contributed by atoms with Crippen molar-refractivity contribution in [1.29, 1.82) is 0 Å². The number of esters is 1. The minimum atomic E-state index is -1.50. The molecular formula is C17H18BNO4. The van der Waals surface area contributed by atoms with Crippen molar-refractivity contribution in [2.75, 3.05) is 6.54 Å². The molecule has 5 nitrogen and oxygen atoms in total. The summed E-state index contributed by atoms with van der Waals surface area (Å²) >= 11 is 0. The van der Waals surface area contributed by atoms with Gasteiger partial charge in [-0.2, -0.15) is 0 Å². The van der Waals surface area contributed by atoms with Gasteiger partial charge in [0, 0.05) is 6.54 Å². The van der Waals surface area contributed by atoms with Gasteiger partial charge in [-0.25, -0.2) is 4.79 Å². The van der Waals surface area contributed by atoms with Crippen LogP contribution in [0.1, 0.15) is 22.7 Å². The first-order chi connectivity index (χ1) is 11.1. The Labute approximate surface area is 135 Å². The highest BCUT2D eigenvalue weighted by Crippen LogP contribution is 2.23. The van der Waals surface area contributed by atoms with E-state index < -0.39 is 13.2 Å². The highest BCUT2D eigenvalue weighted by Gasteiger charge is 2.28. The van der Waals surface area contributed by atoms with Gasteiger partial charge < -0.3 is 20.1 Å². The van der Waals surface area contributed by atoms with Crippen LogP contribution in [0.2, 0.25) is 0 Å². The highest BCUT2D eigenvalue weighted by molar-refractivity contribution is 6.58. The van der Waals surface area contributed by atoms with Gasteiger partial charge in [0.2, 0.25) is 0 Å². The number of hydrogen-bond acceptors (Lipinski definition) is 5. The van der Waals surface area contributed by atoms with E-state index in [1.165, 1.54) is 0 Å². The molecule has 1 heterocycles. The van der Waals surface area contributed by atoms with E-state index in [9.17, 15) is 14.8 Å². The van der Waals surface area contributed by atoms with Crippen molar-refractivity contribution in [2.45, 2.75) is 19.1 Å². The number of carbonyl (C=O) groups excluding carboxylic acids is 1. The lowest BCUT2D eigenvalue weighted by atomic mass is 9.77. The van der Waals surface area contributed by atoms with E-state index in [4.69, 9.17) is 4.74 Å². The standard InChI is InChI=1S/C17H18BNO4/c20-17(23-11-12-4-2-1-3-5-12)16-15-7-6-14(18(21)22)10-13(15)8-9-19-16/h1-7,10,16,19,21-22H,8-9,11H2. The SMILES string of the molecule is O=C(OCc1ccccc1)C1NCCc2cc(B(O)O)ccc21. The zero-order valence-corrected chi connectivity index (χ0v) is 12.6. The molecule has 0 fully saturated rings. The Balaban J connectivity index is 1.73. The van der Waals surface area contributed by atoms with Crippen LogP contribution < -0.4 is 10.8 Å². The van der Waals surface area contributed by atoms with Crippen LogP contribution >= 0.6 is 0 Å². The topological polar surface area (TPSA) is 78.8 Å². The van der Waals surface area contributed by atoms with Crippen LogP contribution in [0.15, 0.2) is 48.5 Å². The van der Waals surface area contributed by atoms with Crippen molar-refractivity contribution in [1.82, 2.24) is 5.32 Å². The molecule has 3 rings (SSSR count). The first kappa shape index (κ1) is 15.7. The zero-order chi connectivity index (χ0) is 16.2. The van der Waals surface area contributed by atoms with Crippen LogP contribution in [0.25, 0.3) is 0 Å². The molecule has 1 unspecified atom stereocenters. The normalized spacial score (nSPS) is 16.5.